The summed E-state index contributed by atoms with van der Waals surface area (Å²) in [5.74, 6) is 0.0965. The van der Waals surface area contributed by atoms with Gasteiger partial charge in [-0.1, -0.05) is 39.0 Å². The van der Waals surface area contributed by atoms with Gasteiger partial charge in [-0.15, -0.1) is 0 Å². The third-order valence-corrected chi connectivity index (χ3v) is 3.22. The zero-order valence-electron chi connectivity index (χ0n) is 12.4. The summed E-state index contributed by atoms with van der Waals surface area (Å²) in [4.78, 5) is 12.0. The fourth-order valence-electron chi connectivity index (χ4n) is 2.11. The fraction of sp³-hybridized carbons (Fsp3) is 0.562. The van der Waals surface area contributed by atoms with E-state index in [1.54, 1.807) is 0 Å². The number of hydrogen-bond donors (Lipinski definition) is 2. The Morgan fingerprint density at radius 3 is 2.21 bits per heavy atom. The first kappa shape index (κ1) is 15.7. The molecule has 0 aliphatic carbocycles. The molecule has 1 amide bonds. The smallest absolute Gasteiger partial charge is 0.225 e. The molecule has 19 heavy (non-hydrogen) atoms. The Labute approximate surface area is 116 Å². The SMILES string of the molecule is CCCNCCC(=O)Nc1c(CC)cccc1CC. The number of rotatable bonds is 8. The first-order valence-corrected chi connectivity index (χ1v) is 7.34. The Balaban J connectivity index is 2.62. The minimum Gasteiger partial charge on any atom is -0.326 e. The highest BCUT2D eigenvalue weighted by atomic mass is 16.1. The van der Waals surface area contributed by atoms with Gasteiger partial charge in [0.1, 0.15) is 0 Å². The topological polar surface area (TPSA) is 41.1 Å². The fourth-order valence-corrected chi connectivity index (χ4v) is 2.11. The molecule has 0 aliphatic heterocycles. The van der Waals surface area contributed by atoms with Crippen LogP contribution in [0.5, 0.6) is 0 Å². The number of hydrogen-bond acceptors (Lipinski definition) is 2. The van der Waals surface area contributed by atoms with Gasteiger partial charge in [-0.2, -0.15) is 0 Å². The van der Waals surface area contributed by atoms with Crippen LogP contribution in [0.15, 0.2) is 18.2 Å². The van der Waals surface area contributed by atoms with E-state index >= 15 is 0 Å². The molecule has 0 heterocycles. The molecule has 3 heteroatoms. The Morgan fingerprint density at radius 1 is 1.05 bits per heavy atom. The highest BCUT2D eigenvalue weighted by Gasteiger charge is 2.09. The van der Waals surface area contributed by atoms with Crippen molar-refractivity contribution in [2.45, 2.75) is 46.5 Å². The average Bonchev–Trinajstić information content (AvgIpc) is 2.43. The molecule has 0 saturated heterocycles. The van der Waals surface area contributed by atoms with Crippen molar-refractivity contribution in [3.8, 4) is 0 Å². The summed E-state index contributed by atoms with van der Waals surface area (Å²) in [6.07, 6.45) is 3.51. The molecular formula is C16H26N2O. The number of carbonyl (C=O) groups excluding carboxylic acids is 1. The molecule has 0 saturated carbocycles. The minimum absolute atomic E-state index is 0.0965. The van der Waals surface area contributed by atoms with E-state index in [1.807, 2.05) is 0 Å². The normalized spacial score (nSPS) is 10.5. The zero-order valence-corrected chi connectivity index (χ0v) is 12.4. The summed E-state index contributed by atoms with van der Waals surface area (Å²) >= 11 is 0. The van der Waals surface area contributed by atoms with Gasteiger partial charge in [-0.3, -0.25) is 4.79 Å². The van der Waals surface area contributed by atoms with Crippen LogP contribution in [0.25, 0.3) is 0 Å². The summed E-state index contributed by atoms with van der Waals surface area (Å²) in [7, 11) is 0. The lowest BCUT2D eigenvalue weighted by atomic mass is 10.0. The maximum atomic E-state index is 12.0. The van der Waals surface area contributed by atoms with Crippen molar-refractivity contribution in [1.82, 2.24) is 5.32 Å². The molecule has 0 unspecified atom stereocenters. The van der Waals surface area contributed by atoms with Crippen LogP contribution in [0.3, 0.4) is 0 Å². The van der Waals surface area contributed by atoms with Crippen molar-refractivity contribution in [3.63, 3.8) is 0 Å². The predicted octanol–water partition coefficient (Wildman–Crippen LogP) is 3.14. The van der Waals surface area contributed by atoms with Gasteiger partial charge < -0.3 is 10.6 Å². The Morgan fingerprint density at radius 2 is 1.68 bits per heavy atom. The number of anilines is 1. The Bertz CT molecular complexity index is 379. The summed E-state index contributed by atoms with van der Waals surface area (Å²) < 4.78 is 0. The lowest BCUT2D eigenvalue weighted by Crippen LogP contribution is -2.23. The maximum absolute atomic E-state index is 12.0. The summed E-state index contributed by atoms with van der Waals surface area (Å²) in [6.45, 7) is 8.08. The molecule has 0 radical (unpaired) electrons. The van der Waals surface area contributed by atoms with Gasteiger partial charge >= 0.3 is 0 Å². The van der Waals surface area contributed by atoms with Crippen LogP contribution in [-0.4, -0.2) is 19.0 Å². The molecule has 1 rings (SSSR count). The molecule has 1 aromatic rings. The summed E-state index contributed by atoms with van der Waals surface area (Å²) in [5, 5.41) is 6.33. The molecule has 3 nitrogen and oxygen atoms in total. The summed E-state index contributed by atoms with van der Waals surface area (Å²) in [5.41, 5.74) is 3.46. The lowest BCUT2D eigenvalue weighted by molar-refractivity contribution is -0.116. The van der Waals surface area contributed by atoms with Crippen LogP contribution >= 0.6 is 0 Å². The molecule has 2 N–H and O–H groups in total. The average molecular weight is 262 g/mol. The lowest BCUT2D eigenvalue weighted by Gasteiger charge is -2.14. The molecule has 0 aliphatic rings. The van der Waals surface area contributed by atoms with E-state index < -0.39 is 0 Å². The van der Waals surface area contributed by atoms with Gasteiger partial charge in [-0.05, 0) is 36.9 Å². The number of aryl methyl sites for hydroxylation is 2. The number of amides is 1. The number of benzene rings is 1. The molecule has 0 atom stereocenters. The van der Waals surface area contributed by atoms with Crippen LogP contribution in [0.2, 0.25) is 0 Å². The van der Waals surface area contributed by atoms with Crippen molar-refractivity contribution in [1.29, 1.82) is 0 Å². The highest BCUT2D eigenvalue weighted by molar-refractivity contribution is 5.92. The van der Waals surface area contributed by atoms with Crippen molar-refractivity contribution in [2.24, 2.45) is 0 Å². The van der Waals surface area contributed by atoms with Crippen LogP contribution in [0, 0.1) is 0 Å². The number of carbonyl (C=O) groups is 1. The largest absolute Gasteiger partial charge is 0.326 e. The third-order valence-electron chi connectivity index (χ3n) is 3.22. The molecule has 0 spiro atoms. The molecular weight excluding hydrogens is 236 g/mol. The Kier molecular flexibility index (Phi) is 7.19. The van der Waals surface area contributed by atoms with E-state index in [4.69, 9.17) is 0 Å². The van der Waals surface area contributed by atoms with Gasteiger partial charge in [0.15, 0.2) is 0 Å². The van der Waals surface area contributed by atoms with Crippen molar-refractivity contribution in [2.75, 3.05) is 18.4 Å². The summed E-state index contributed by atoms with van der Waals surface area (Å²) in [6, 6.07) is 6.24. The molecule has 0 bridgehead atoms. The van der Waals surface area contributed by atoms with E-state index in [2.05, 4.69) is 49.6 Å². The maximum Gasteiger partial charge on any atom is 0.225 e. The van der Waals surface area contributed by atoms with Gasteiger partial charge in [0.05, 0.1) is 0 Å². The molecule has 0 fully saturated rings. The molecule has 106 valence electrons. The standard InChI is InChI=1S/C16H26N2O/c1-4-11-17-12-10-15(19)18-16-13(5-2)8-7-9-14(16)6-3/h7-9,17H,4-6,10-12H2,1-3H3,(H,18,19). The van der Waals surface area contributed by atoms with E-state index in [0.29, 0.717) is 6.42 Å². The van der Waals surface area contributed by atoms with E-state index in [0.717, 1.165) is 38.0 Å². The highest BCUT2D eigenvalue weighted by Crippen LogP contribution is 2.22. The van der Waals surface area contributed by atoms with Crippen LogP contribution in [0.4, 0.5) is 5.69 Å². The van der Waals surface area contributed by atoms with Gasteiger partial charge in [0, 0.05) is 18.7 Å². The van der Waals surface area contributed by atoms with Gasteiger partial charge in [0.2, 0.25) is 5.91 Å². The van der Waals surface area contributed by atoms with Crippen molar-refractivity contribution in [3.05, 3.63) is 29.3 Å². The van der Waals surface area contributed by atoms with Crippen LogP contribution in [-0.2, 0) is 17.6 Å². The van der Waals surface area contributed by atoms with E-state index in [-0.39, 0.29) is 5.91 Å². The predicted molar refractivity (Wildman–Crippen MR) is 81.6 cm³/mol. The number of nitrogens with one attached hydrogen (secondary N) is 2. The zero-order chi connectivity index (χ0) is 14.1. The van der Waals surface area contributed by atoms with Gasteiger partial charge in [0.25, 0.3) is 0 Å². The monoisotopic (exact) mass is 262 g/mol. The Hall–Kier alpha value is -1.35. The molecule has 1 aromatic carbocycles. The second-order valence-corrected chi connectivity index (χ2v) is 4.71. The van der Waals surface area contributed by atoms with E-state index in [1.165, 1.54) is 11.1 Å². The third kappa shape index (κ3) is 5.03. The van der Waals surface area contributed by atoms with Crippen molar-refractivity contribution >= 4 is 11.6 Å². The molecule has 0 aromatic heterocycles. The first-order chi connectivity index (χ1) is 9.22. The second kappa shape index (κ2) is 8.70. The van der Waals surface area contributed by atoms with E-state index in [9.17, 15) is 4.79 Å². The minimum atomic E-state index is 0.0965. The number of para-hydroxylation sites is 1. The van der Waals surface area contributed by atoms with Crippen LogP contribution < -0.4 is 10.6 Å². The first-order valence-electron chi connectivity index (χ1n) is 7.34. The van der Waals surface area contributed by atoms with Gasteiger partial charge in [-0.25, -0.2) is 0 Å². The van der Waals surface area contributed by atoms with Crippen molar-refractivity contribution < 1.29 is 4.79 Å². The van der Waals surface area contributed by atoms with Crippen LogP contribution in [0.1, 0.15) is 44.7 Å². The quantitative estimate of drug-likeness (QED) is 0.707. The second-order valence-electron chi connectivity index (χ2n) is 4.71.